The summed E-state index contributed by atoms with van der Waals surface area (Å²) in [5.74, 6) is -0.326. The summed E-state index contributed by atoms with van der Waals surface area (Å²) in [6, 6.07) is 15.1. The van der Waals surface area contributed by atoms with Gasteiger partial charge in [0.2, 0.25) is 0 Å². The zero-order valence-electron chi connectivity index (χ0n) is 16.9. The van der Waals surface area contributed by atoms with Crippen molar-refractivity contribution in [2.45, 2.75) is 39.0 Å². The summed E-state index contributed by atoms with van der Waals surface area (Å²) in [5, 5.41) is 8.72. The SMILES string of the molecule is CCCCC(Cc1ccc(C(=O)NO)cc1)C(=O)Cc1cccc(N(C)C)c1. The van der Waals surface area contributed by atoms with Gasteiger partial charge in [0.1, 0.15) is 5.78 Å². The number of anilines is 1. The molecule has 0 aliphatic rings. The third-order valence-electron chi connectivity index (χ3n) is 4.97. The number of hydrogen-bond donors (Lipinski definition) is 2. The van der Waals surface area contributed by atoms with Crippen molar-refractivity contribution in [3.05, 3.63) is 65.2 Å². The number of carbonyl (C=O) groups is 2. The van der Waals surface area contributed by atoms with Gasteiger partial charge in [-0.2, -0.15) is 0 Å². The van der Waals surface area contributed by atoms with E-state index >= 15 is 0 Å². The average Bonchev–Trinajstić information content (AvgIpc) is 2.71. The van der Waals surface area contributed by atoms with E-state index in [-0.39, 0.29) is 11.7 Å². The first-order chi connectivity index (χ1) is 13.4. The Labute approximate surface area is 167 Å². The molecule has 1 atom stereocenters. The third-order valence-corrected chi connectivity index (χ3v) is 4.97. The molecule has 2 rings (SSSR count). The highest BCUT2D eigenvalue weighted by molar-refractivity contribution is 5.93. The number of nitrogens with one attached hydrogen (secondary N) is 1. The molecule has 0 aliphatic carbocycles. The average molecular weight is 383 g/mol. The Bertz CT molecular complexity index is 785. The monoisotopic (exact) mass is 382 g/mol. The predicted molar refractivity (Wildman–Crippen MR) is 112 cm³/mol. The van der Waals surface area contributed by atoms with E-state index in [9.17, 15) is 9.59 Å². The molecule has 5 nitrogen and oxygen atoms in total. The molecule has 0 saturated carbocycles. The van der Waals surface area contributed by atoms with Crippen molar-refractivity contribution in [3.8, 4) is 0 Å². The second-order valence-electron chi connectivity index (χ2n) is 7.39. The lowest BCUT2D eigenvalue weighted by Gasteiger charge is -2.17. The smallest absolute Gasteiger partial charge is 0.274 e. The van der Waals surface area contributed by atoms with Crippen LogP contribution in [-0.2, 0) is 17.6 Å². The lowest BCUT2D eigenvalue weighted by molar-refractivity contribution is -0.122. The fourth-order valence-electron chi connectivity index (χ4n) is 3.26. The van der Waals surface area contributed by atoms with Crippen molar-refractivity contribution >= 4 is 17.4 Å². The van der Waals surface area contributed by atoms with Gasteiger partial charge in [0, 0.05) is 37.7 Å². The minimum absolute atomic E-state index is 0.0412. The van der Waals surface area contributed by atoms with Gasteiger partial charge in [0.25, 0.3) is 5.91 Å². The third kappa shape index (κ3) is 6.20. The van der Waals surface area contributed by atoms with Crippen LogP contribution in [0, 0.1) is 5.92 Å². The van der Waals surface area contributed by atoms with Crippen molar-refractivity contribution in [3.63, 3.8) is 0 Å². The van der Waals surface area contributed by atoms with Crippen LogP contribution in [0.25, 0.3) is 0 Å². The molecular formula is C23H30N2O3. The molecule has 5 heteroatoms. The maximum atomic E-state index is 13.0. The van der Waals surface area contributed by atoms with E-state index in [0.29, 0.717) is 18.4 Å². The Hall–Kier alpha value is -2.66. The van der Waals surface area contributed by atoms with Gasteiger partial charge in [0.15, 0.2) is 0 Å². The zero-order chi connectivity index (χ0) is 20.5. The number of Topliss-reactive ketones (excluding diaryl/α,β-unsaturated/α-hetero) is 1. The van der Waals surface area contributed by atoms with E-state index in [1.165, 1.54) is 0 Å². The summed E-state index contributed by atoms with van der Waals surface area (Å²) >= 11 is 0. The van der Waals surface area contributed by atoms with Crippen LogP contribution < -0.4 is 10.4 Å². The molecule has 0 saturated heterocycles. The number of benzene rings is 2. The molecule has 0 radical (unpaired) electrons. The van der Waals surface area contributed by atoms with Crippen LogP contribution in [0.3, 0.4) is 0 Å². The first-order valence-electron chi connectivity index (χ1n) is 9.77. The maximum Gasteiger partial charge on any atom is 0.274 e. The zero-order valence-corrected chi connectivity index (χ0v) is 16.9. The van der Waals surface area contributed by atoms with Crippen molar-refractivity contribution < 1.29 is 14.8 Å². The molecule has 0 aromatic heterocycles. The minimum atomic E-state index is -0.536. The van der Waals surface area contributed by atoms with Crippen molar-refractivity contribution in [2.75, 3.05) is 19.0 Å². The molecule has 0 bridgehead atoms. The first kappa shape index (κ1) is 21.6. The van der Waals surface area contributed by atoms with Gasteiger partial charge in [-0.1, -0.05) is 44.0 Å². The Kier molecular flexibility index (Phi) is 8.20. The fraction of sp³-hybridized carbons (Fsp3) is 0.391. The number of unbranched alkanes of at least 4 members (excludes halogenated alkanes) is 1. The lowest BCUT2D eigenvalue weighted by Crippen LogP contribution is -2.20. The van der Waals surface area contributed by atoms with E-state index in [1.807, 2.05) is 49.3 Å². The number of rotatable bonds is 10. The predicted octanol–water partition coefficient (Wildman–Crippen LogP) is 4.03. The molecule has 0 aliphatic heterocycles. The minimum Gasteiger partial charge on any atom is -0.378 e. The number of amides is 1. The second-order valence-corrected chi connectivity index (χ2v) is 7.39. The van der Waals surface area contributed by atoms with Gasteiger partial charge in [0.05, 0.1) is 0 Å². The fourth-order valence-corrected chi connectivity index (χ4v) is 3.26. The highest BCUT2D eigenvalue weighted by atomic mass is 16.5. The molecule has 0 heterocycles. The van der Waals surface area contributed by atoms with Gasteiger partial charge in [-0.15, -0.1) is 0 Å². The molecule has 150 valence electrons. The summed E-state index contributed by atoms with van der Waals surface area (Å²) in [4.78, 5) is 26.5. The summed E-state index contributed by atoms with van der Waals surface area (Å²) in [5.41, 5.74) is 5.17. The van der Waals surface area contributed by atoms with Crippen LogP contribution in [0.2, 0.25) is 0 Å². The summed E-state index contributed by atoms with van der Waals surface area (Å²) in [7, 11) is 3.98. The number of ketones is 1. The van der Waals surface area contributed by atoms with E-state index in [2.05, 4.69) is 13.0 Å². The van der Waals surface area contributed by atoms with Gasteiger partial charge in [-0.05, 0) is 48.2 Å². The van der Waals surface area contributed by atoms with Gasteiger partial charge >= 0.3 is 0 Å². The molecule has 1 unspecified atom stereocenters. The molecule has 2 aromatic rings. The molecule has 0 fully saturated rings. The Morgan fingerprint density at radius 3 is 2.39 bits per heavy atom. The highest BCUT2D eigenvalue weighted by Gasteiger charge is 2.19. The summed E-state index contributed by atoms with van der Waals surface area (Å²) < 4.78 is 0. The van der Waals surface area contributed by atoms with Gasteiger partial charge < -0.3 is 4.90 Å². The van der Waals surface area contributed by atoms with Crippen LogP contribution in [0.15, 0.2) is 48.5 Å². The van der Waals surface area contributed by atoms with Crippen molar-refractivity contribution in [1.29, 1.82) is 0 Å². The van der Waals surface area contributed by atoms with Crippen LogP contribution in [0.4, 0.5) is 5.69 Å². The first-order valence-corrected chi connectivity index (χ1v) is 9.77. The molecule has 2 N–H and O–H groups in total. The summed E-state index contributed by atoms with van der Waals surface area (Å²) in [6.45, 7) is 2.13. The molecule has 0 spiro atoms. The van der Waals surface area contributed by atoms with E-state index < -0.39 is 5.91 Å². The van der Waals surface area contributed by atoms with Crippen LogP contribution in [-0.4, -0.2) is 31.0 Å². The van der Waals surface area contributed by atoms with Crippen LogP contribution in [0.1, 0.15) is 47.7 Å². The highest BCUT2D eigenvalue weighted by Crippen LogP contribution is 2.21. The number of hydrogen-bond acceptors (Lipinski definition) is 4. The van der Waals surface area contributed by atoms with Gasteiger partial charge in [-0.3, -0.25) is 14.8 Å². The maximum absolute atomic E-state index is 13.0. The molecule has 2 aromatic carbocycles. The van der Waals surface area contributed by atoms with Crippen LogP contribution >= 0.6 is 0 Å². The van der Waals surface area contributed by atoms with E-state index in [1.54, 1.807) is 17.6 Å². The molecule has 1 amide bonds. The van der Waals surface area contributed by atoms with Gasteiger partial charge in [-0.25, -0.2) is 5.48 Å². The van der Waals surface area contributed by atoms with Crippen molar-refractivity contribution in [2.24, 2.45) is 5.92 Å². The van der Waals surface area contributed by atoms with E-state index in [4.69, 9.17) is 5.21 Å². The summed E-state index contributed by atoms with van der Waals surface area (Å²) in [6.07, 6.45) is 4.02. The molecule has 28 heavy (non-hydrogen) atoms. The number of hydroxylamine groups is 1. The normalized spacial score (nSPS) is 11.7. The largest absolute Gasteiger partial charge is 0.378 e. The van der Waals surface area contributed by atoms with E-state index in [0.717, 1.165) is 36.1 Å². The Balaban J connectivity index is 2.10. The lowest BCUT2D eigenvalue weighted by atomic mass is 9.87. The second kappa shape index (κ2) is 10.6. The number of carbonyl (C=O) groups excluding carboxylic acids is 2. The molecular weight excluding hydrogens is 352 g/mol. The quantitative estimate of drug-likeness (QED) is 0.481. The standard InChI is InChI=1S/C23H30N2O3/c1-4-5-8-20(14-17-10-12-19(13-11-17)23(27)24-28)22(26)16-18-7-6-9-21(15-18)25(2)3/h6-7,9-13,15,20,28H,4-5,8,14,16H2,1-3H3,(H,24,27). The topological polar surface area (TPSA) is 69.6 Å². The van der Waals surface area contributed by atoms with Crippen molar-refractivity contribution in [1.82, 2.24) is 5.48 Å². The Morgan fingerprint density at radius 1 is 1.07 bits per heavy atom. The Morgan fingerprint density at radius 2 is 1.79 bits per heavy atom. The van der Waals surface area contributed by atoms with Crippen LogP contribution in [0.5, 0.6) is 0 Å². The number of nitrogens with zero attached hydrogens (tertiary/aromatic N) is 1.